The minimum atomic E-state index is 0.649. The maximum absolute atomic E-state index is 5.78. The third kappa shape index (κ3) is 1.19. The van der Waals surface area contributed by atoms with Crippen molar-refractivity contribution in [3.05, 3.63) is 25.2 Å². The predicted octanol–water partition coefficient (Wildman–Crippen LogP) is 0.966. The van der Waals surface area contributed by atoms with Crippen molar-refractivity contribution in [2.75, 3.05) is 5.73 Å². The summed E-state index contributed by atoms with van der Waals surface area (Å²) in [7, 11) is 1.84. The molecule has 0 spiro atoms. The SMILES string of the molecule is C=Cn1cc(-c2c(N)cnn2C)cn1. The first-order valence-electron chi connectivity index (χ1n) is 4.17. The van der Waals surface area contributed by atoms with Crippen LogP contribution in [-0.2, 0) is 7.05 Å². The van der Waals surface area contributed by atoms with Gasteiger partial charge in [0.2, 0.25) is 0 Å². The molecule has 0 atom stereocenters. The Bertz CT molecular complexity index is 446. The molecule has 0 unspecified atom stereocenters. The minimum Gasteiger partial charge on any atom is -0.396 e. The number of aryl methyl sites for hydroxylation is 1. The highest BCUT2D eigenvalue weighted by Crippen LogP contribution is 2.23. The number of anilines is 1. The minimum absolute atomic E-state index is 0.649. The summed E-state index contributed by atoms with van der Waals surface area (Å²) in [5, 5.41) is 8.13. The first-order chi connectivity index (χ1) is 6.72. The van der Waals surface area contributed by atoms with Crippen LogP contribution in [0.3, 0.4) is 0 Å². The van der Waals surface area contributed by atoms with E-state index in [1.54, 1.807) is 28.0 Å². The van der Waals surface area contributed by atoms with Crippen LogP contribution in [0.5, 0.6) is 0 Å². The summed E-state index contributed by atoms with van der Waals surface area (Å²) >= 11 is 0. The molecule has 0 radical (unpaired) electrons. The maximum Gasteiger partial charge on any atom is 0.0940 e. The van der Waals surface area contributed by atoms with Crippen molar-refractivity contribution < 1.29 is 0 Å². The van der Waals surface area contributed by atoms with Gasteiger partial charge in [-0.3, -0.25) is 4.68 Å². The molecule has 2 heterocycles. The highest BCUT2D eigenvalue weighted by molar-refractivity contribution is 5.71. The Labute approximate surface area is 81.4 Å². The number of nitrogen functional groups attached to an aromatic ring is 1. The molecule has 72 valence electrons. The van der Waals surface area contributed by atoms with E-state index in [1.165, 1.54) is 0 Å². The molecule has 0 aliphatic rings. The lowest BCUT2D eigenvalue weighted by molar-refractivity contribution is 0.776. The van der Waals surface area contributed by atoms with Crippen LogP contribution in [0.25, 0.3) is 17.5 Å². The fourth-order valence-corrected chi connectivity index (χ4v) is 1.37. The average Bonchev–Trinajstić information content (AvgIpc) is 2.73. The zero-order valence-corrected chi connectivity index (χ0v) is 7.88. The highest BCUT2D eigenvalue weighted by Gasteiger charge is 2.09. The number of hydrogen-bond acceptors (Lipinski definition) is 3. The topological polar surface area (TPSA) is 61.7 Å². The molecule has 0 aromatic carbocycles. The van der Waals surface area contributed by atoms with Gasteiger partial charge in [0.15, 0.2) is 0 Å². The predicted molar refractivity (Wildman–Crippen MR) is 55.2 cm³/mol. The van der Waals surface area contributed by atoms with Crippen molar-refractivity contribution in [2.45, 2.75) is 0 Å². The zero-order valence-electron chi connectivity index (χ0n) is 7.88. The highest BCUT2D eigenvalue weighted by atomic mass is 15.3. The van der Waals surface area contributed by atoms with Gasteiger partial charge < -0.3 is 5.73 Å². The zero-order chi connectivity index (χ0) is 10.1. The van der Waals surface area contributed by atoms with Crippen LogP contribution in [0.4, 0.5) is 5.69 Å². The van der Waals surface area contributed by atoms with Crippen molar-refractivity contribution in [1.29, 1.82) is 0 Å². The summed E-state index contributed by atoms with van der Waals surface area (Å²) in [6.07, 6.45) is 6.83. The van der Waals surface area contributed by atoms with Gasteiger partial charge >= 0.3 is 0 Å². The largest absolute Gasteiger partial charge is 0.396 e. The van der Waals surface area contributed by atoms with E-state index in [1.807, 2.05) is 13.2 Å². The molecule has 0 aliphatic heterocycles. The van der Waals surface area contributed by atoms with Crippen LogP contribution in [0, 0.1) is 0 Å². The molecule has 0 amide bonds. The molecule has 0 bridgehead atoms. The van der Waals surface area contributed by atoms with E-state index in [9.17, 15) is 0 Å². The van der Waals surface area contributed by atoms with Gasteiger partial charge in [0.25, 0.3) is 0 Å². The van der Waals surface area contributed by atoms with Crippen LogP contribution in [0.15, 0.2) is 25.2 Å². The third-order valence-corrected chi connectivity index (χ3v) is 2.03. The molecule has 5 heteroatoms. The molecule has 2 rings (SSSR count). The number of rotatable bonds is 2. The van der Waals surface area contributed by atoms with E-state index in [2.05, 4.69) is 16.8 Å². The standard InChI is InChI=1S/C9H11N5/c1-3-14-6-7(4-12-14)9-8(10)5-11-13(9)2/h3-6H,1,10H2,2H3. The number of nitrogens with zero attached hydrogens (tertiary/aromatic N) is 4. The molecule has 0 saturated carbocycles. The fourth-order valence-electron chi connectivity index (χ4n) is 1.37. The Morgan fingerprint density at radius 3 is 2.71 bits per heavy atom. The Balaban J connectivity index is 2.53. The van der Waals surface area contributed by atoms with E-state index in [0.717, 1.165) is 11.3 Å². The quantitative estimate of drug-likeness (QED) is 0.765. The van der Waals surface area contributed by atoms with Crippen molar-refractivity contribution in [1.82, 2.24) is 19.6 Å². The summed E-state index contributed by atoms with van der Waals surface area (Å²) < 4.78 is 3.35. The normalized spacial score (nSPS) is 10.4. The first-order valence-corrected chi connectivity index (χ1v) is 4.17. The van der Waals surface area contributed by atoms with E-state index in [0.29, 0.717) is 5.69 Å². The lowest BCUT2D eigenvalue weighted by Crippen LogP contribution is -1.94. The Morgan fingerprint density at radius 2 is 2.21 bits per heavy atom. The smallest absolute Gasteiger partial charge is 0.0940 e. The molecule has 2 aromatic heterocycles. The number of aromatic nitrogens is 4. The molecule has 5 nitrogen and oxygen atoms in total. The molecular formula is C9H11N5. The Hall–Kier alpha value is -2.04. The van der Waals surface area contributed by atoms with Crippen molar-refractivity contribution in [3.63, 3.8) is 0 Å². The molecule has 0 saturated heterocycles. The molecule has 2 N–H and O–H groups in total. The average molecular weight is 189 g/mol. The Kier molecular flexibility index (Phi) is 1.85. The van der Waals surface area contributed by atoms with Gasteiger partial charge in [-0.05, 0) is 0 Å². The Morgan fingerprint density at radius 1 is 1.43 bits per heavy atom. The first kappa shape index (κ1) is 8.55. The molecular weight excluding hydrogens is 178 g/mol. The van der Waals surface area contributed by atoms with Crippen LogP contribution in [0.1, 0.15) is 0 Å². The maximum atomic E-state index is 5.78. The lowest BCUT2D eigenvalue weighted by atomic mass is 10.2. The molecule has 0 aliphatic carbocycles. The summed E-state index contributed by atoms with van der Waals surface area (Å²) in [4.78, 5) is 0. The van der Waals surface area contributed by atoms with E-state index in [-0.39, 0.29) is 0 Å². The second kappa shape index (κ2) is 3.02. The third-order valence-electron chi connectivity index (χ3n) is 2.03. The van der Waals surface area contributed by atoms with Gasteiger partial charge in [-0.1, -0.05) is 6.58 Å². The van der Waals surface area contributed by atoms with Gasteiger partial charge in [0, 0.05) is 25.0 Å². The van der Waals surface area contributed by atoms with Crippen LogP contribution in [-0.4, -0.2) is 19.6 Å². The second-order valence-corrected chi connectivity index (χ2v) is 2.96. The fraction of sp³-hybridized carbons (Fsp3) is 0.111. The van der Waals surface area contributed by atoms with Gasteiger partial charge in [0.05, 0.1) is 23.8 Å². The monoisotopic (exact) mass is 189 g/mol. The second-order valence-electron chi connectivity index (χ2n) is 2.96. The van der Waals surface area contributed by atoms with Gasteiger partial charge in [-0.15, -0.1) is 0 Å². The summed E-state index contributed by atoms with van der Waals surface area (Å²) in [6, 6.07) is 0. The summed E-state index contributed by atoms with van der Waals surface area (Å²) in [6.45, 7) is 3.62. The number of hydrogen-bond donors (Lipinski definition) is 1. The van der Waals surface area contributed by atoms with Crippen molar-refractivity contribution in [2.24, 2.45) is 7.05 Å². The van der Waals surface area contributed by atoms with E-state index >= 15 is 0 Å². The summed E-state index contributed by atoms with van der Waals surface area (Å²) in [5.41, 5.74) is 8.23. The van der Waals surface area contributed by atoms with E-state index in [4.69, 9.17) is 5.73 Å². The number of nitrogens with two attached hydrogens (primary N) is 1. The lowest BCUT2D eigenvalue weighted by Gasteiger charge is -1.98. The van der Waals surface area contributed by atoms with Crippen LogP contribution >= 0.6 is 0 Å². The summed E-state index contributed by atoms with van der Waals surface area (Å²) in [5.74, 6) is 0. The molecule has 14 heavy (non-hydrogen) atoms. The van der Waals surface area contributed by atoms with Crippen molar-refractivity contribution >= 4 is 11.9 Å². The van der Waals surface area contributed by atoms with Gasteiger partial charge in [-0.2, -0.15) is 10.2 Å². The van der Waals surface area contributed by atoms with Crippen molar-refractivity contribution in [3.8, 4) is 11.3 Å². The van der Waals surface area contributed by atoms with Gasteiger partial charge in [-0.25, -0.2) is 4.68 Å². The van der Waals surface area contributed by atoms with Gasteiger partial charge in [0.1, 0.15) is 0 Å². The van der Waals surface area contributed by atoms with Crippen LogP contribution < -0.4 is 5.73 Å². The van der Waals surface area contributed by atoms with E-state index < -0.39 is 0 Å². The molecule has 2 aromatic rings. The molecule has 0 fully saturated rings. The van der Waals surface area contributed by atoms with Crippen LogP contribution in [0.2, 0.25) is 0 Å².